The second kappa shape index (κ2) is 24.8. The van der Waals surface area contributed by atoms with Crippen LogP contribution in [0.1, 0.15) is 122 Å². The van der Waals surface area contributed by atoms with Crippen molar-refractivity contribution in [3.8, 4) is 5.75 Å². The van der Waals surface area contributed by atoms with Crippen LogP contribution in [0, 0.1) is 0 Å². The number of hydrogen-bond acceptors (Lipinski definition) is 2. The molecule has 0 saturated carbocycles. The van der Waals surface area contributed by atoms with Gasteiger partial charge in [-0.25, -0.2) is 0 Å². The van der Waals surface area contributed by atoms with Crippen molar-refractivity contribution >= 4 is 5.97 Å². The second-order valence-corrected chi connectivity index (χ2v) is 8.13. The van der Waals surface area contributed by atoms with Gasteiger partial charge in [-0.05, 0) is 24.8 Å². The molecule has 3 nitrogen and oxygen atoms in total. The fraction of sp³-hybridized carbons (Fsp3) is 0.731. The third-order valence-electron chi connectivity index (χ3n) is 5.24. The van der Waals surface area contributed by atoms with Crippen LogP contribution in [-0.4, -0.2) is 11.1 Å². The van der Waals surface area contributed by atoms with Gasteiger partial charge in [0.2, 0.25) is 0 Å². The molecule has 0 aromatic heterocycles. The van der Waals surface area contributed by atoms with Crippen molar-refractivity contribution in [3.63, 3.8) is 0 Å². The molecule has 0 unspecified atom stereocenters. The smallest absolute Gasteiger partial charge is 0.872 e. The molecular weight excluding hydrogens is 383 g/mol. The van der Waals surface area contributed by atoms with E-state index in [1.54, 1.807) is 12.1 Å². The molecule has 30 heavy (non-hydrogen) atoms. The molecule has 0 heterocycles. The zero-order chi connectivity index (χ0) is 21.6. The summed E-state index contributed by atoms with van der Waals surface area (Å²) in [4.78, 5) is 10.1. The number of carboxylic acids is 1. The molecule has 168 valence electrons. The second-order valence-electron chi connectivity index (χ2n) is 8.13. The van der Waals surface area contributed by atoms with E-state index >= 15 is 0 Å². The van der Waals surface area contributed by atoms with E-state index in [9.17, 15) is 9.90 Å². The number of hydrogen-bond donors (Lipinski definition) is 1. The van der Waals surface area contributed by atoms with E-state index in [4.69, 9.17) is 5.11 Å². The van der Waals surface area contributed by atoms with Gasteiger partial charge in [-0.1, -0.05) is 122 Å². The quantitative estimate of drug-likeness (QED) is 0.290. The molecule has 0 aliphatic carbocycles. The number of rotatable bonds is 17. The van der Waals surface area contributed by atoms with Gasteiger partial charge in [0.1, 0.15) is 0 Å². The number of carbonyl (C=O) groups is 1. The summed E-state index contributed by atoms with van der Waals surface area (Å²) >= 11 is 0. The minimum atomic E-state index is -0.663. The van der Waals surface area contributed by atoms with Crippen LogP contribution >= 0.6 is 0 Å². The van der Waals surface area contributed by atoms with Gasteiger partial charge in [-0.3, -0.25) is 4.79 Å². The van der Waals surface area contributed by atoms with Crippen LogP contribution in [0.4, 0.5) is 0 Å². The summed E-state index contributed by atoms with van der Waals surface area (Å²) < 4.78 is 0. The van der Waals surface area contributed by atoms with Crippen molar-refractivity contribution in [1.29, 1.82) is 0 Å². The summed E-state index contributed by atoms with van der Waals surface area (Å²) in [6.45, 7) is 4.46. The van der Waals surface area contributed by atoms with Crippen LogP contribution in [0.2, 0.25) is 0 Å². The molecular formula is C26H45NaO3. The van der Waals surface area contributed by atoms with E-state index in [0.717, 1.165) is 19.3 Å². The van der Waals surface area contributed by atoms with Gasteiger partial charge in [-0.2, -0.15) is 0 Å². The predicted octanol–water partition coefficient (Wildman–Crippen LogP) is 4.66. The largest absolute Gasteiger partial charge is 1.00 e. The van der Waals surface area contributed by atoms with Crippen LogP contribution in [0.15, 0.2) is 24.3 Å². The fourth-order valence-corrected chi connectivity index (χ4v) is 3.35. The summed E-state index contributed by atoms with van der Waals surface area (Å²) in [7, 11) is 0. The van der Waals surface area contributed by atoms with Gasteiger partial charge >= 0.3 is 35.5 Å². The van der Waals surface area contributed by atoms with Crippen molar-refractivity contribution in [1.82, 2.24) is 0 Å². The van der Waals surface area contributed by atoms with E-state index in [1.165, 1.54) is 89.0 Å². The molecule has 0 spiro atoms. The Kier molecular flexibility index (Phi) is 26.1. The molecule has 1 aromatic rings. The summed E-state index contributed by atoms with van der Waals surface area (Å²) in [5, 5.41) is 19.3. The Morgan fingerprint density at radius 3 is 1.53 bits per heavy atom. The van der Waals surface area contributed by atoms with E-state index < -0.39 is 5.97 Å². The normalized spacial score (nSPS) is 10.1. The van der Waals surface area contributed by atoms with Crippen molar-refractivity contribution in [3.05, 3.63) is 29.8 Å². The number of benzene rings is 1. The third-order valence-corrected chi connectivity index (χ3v) is 5.24. The summed E-state index contributed by atoms with van der Waals surface area (Å²) in [5.41, 5.74) is 1.30. The molecule has 0 bridgehead atoms. The van der Waals surface area contributed by atoms with Gasteiger partial charge in [0.05, 0.1) is 0 Å². The van der Waals surface area contributed by atoms with Crippen LogP contribution < -0.4 is 34.7 Å². The van der Waals surface area contributed by atoms with E-state index in [0.29, 0.717) is 6.42 Å². The zero-order valence-corrected chi connectivity index (χ0v) is 22.1. The zero-order valence-electron chi connectivity index (χ0n) is 20.1. The molecule has 4 heteroatoms. The van der Waals surface area contributed by atoms with Crippen molar-refractivity contribution in [2.75, 3.05) is 0 Å². The molecule has 1 rings (SSSR count). The minimum absolute atomic E-state index is 0. The maximum atomic E-state index is 10.9. The summed E-state index contributed by atoms with van der Waals surface area (Å²) in [5.74, 6) is -0.548. The van der Waals surface area contributed by atoms with Crippen LogP contribution in [0.3, 0.4) is 0 Å². The van der Waals surface area contributed by atoms with Crippen molar-refractivity contribution < 1.29 is 44.6 Å². The minimum Gasteiger partial charge on any atom is -0.872 e. The molecule has 0 aliphatic rings. The maximum absolute atomic E-state index is 10.9. The predicted molar refractivity (Wildman–Crippen MR) is 122 cm³/mol. The van der Waals surface area contributed by atoms with Crippen molar-refractivity contribution in [2.24, 2.45) is 0 Å². The molecule has 0 atom stereocenters. The van der Waals surface area contributed by atoms with E-state index in [1.807, 2.05) is 12.1 Å². The maximum Gasteiger partial charge on any atom is 1.00 e. The van der Waals surface area contributed by atoms with Gasteiger partial charge in [0.15, 0.2) is 0 Å². The molecule has 0 fully saturated rings. The van der Waals surface area contributed by atoms with Gasteiger partial charge in [0, 0.05) is 6.42 Å². The summed E-state index contributed by atoms with van der Waals surface area (Å²) in [6.07, 6.45) is 20.6. The molecule has 0 saturated heterocycles. The number of aryl methyl sites for hydroxylation is 1. The topological polar surface area (TPSA) is 60.4 Å². The standard InChI is InChI=1S/C16H26O.C10H20O2.Na/c1-2-3-4-5-6-7-8-9-10-15-11-13-16(17)14-12-15;1-2-3-4-5-6-7-8-9-10(11)12;/h11-14,17H,2-10H2,1H3;2-9H2,1H3,(H,11,12);/q;;+1/p-1. The third kappa shape index (κ3) is 23.8. The number of unbranched alkanes of at least 4 members (excludes halogenated alkanes) is 13. The van der Waals surface area contributed by atoms with Crippen LogP contribution in [0.25, 0.3) is 0 Å². The Morgan fingerprint density at radius 1 is 0.700 bits per heavy atom. The molecule has 0 aliphatic heterocycles. The Labute approximate surface area is 208 Å². The van der Waals surface area contributed by atoms with Crippen LogP contribution in [0.5, 0.6) is 5.75 Å². The molecule has 1 N–H and O–H groups in total. The van der Waals surface area contributed by atoms with Gasteiger partial charge in [0.25, 0.3) is 0 Å². The Morgan fingerprint density at radius 2 is 1.10 bits per heavy atom. The SMILES string of the molecule is CCCCCCCCCC(=O)O.CCCCCCCCCCc1ccc([O-])cc1.[Na+]. The Hall–Kier alpha value is -0.510. The average molecular weight is 429 g/mol. The summed E-state index contributed by atoms with van der Waals surface area (Å²) in [6, 6.07) is 7.26. The molecule has 0 amide bonds. The number of aliphatic carboxylic acids is 1. The first-order valence-corrected chi connectivity index (χ1v) is 12.1. The average Bonchev–Trinajstić information content (AvgIpc) is 2.71. The van der Waals surface area contributed by atoms with E-state index in [2.05, 4.69) is 13.8 Å². The Bertz CT molecular complexity index is 474. The fourth-order valence-electron chi connectivity index (χ4n) is 3.35. The van der Waals surface area contributed by atoms with Crippen molar-refractivity contribution in [2.45, 2.75) is 123 Å². The first-order valence-electron chi connectivity index (χ1n) is 12.1. The monoisotopic (exact) mass is 428 g/mol. The molecule has 1 aromatic carbocycles. The first-order chi connectivity index (χ1) is 14.1. The van der Waals surface area contributed by atoms with Gasteiger partial charge < -0.3 is 10.2 Å². The Balaban J connectivity index is 0. The first kappa shape index (κ1) is 31.7. The number of carboxylic acid groups (broad SMARTS) is 1. The molecule has 0 radical (unpaired) electrons. The van der Waals surface area contributed by atoms with E-state index in [-0.39, 0.29) is 35.3 Å². The van der Waals surface area contributed by atoms with Gasteiger partial charge in [-0.15, -0.1) is 5.75 Å². The van der Waals surface area contributed by atoms with Crippen LogP contribution in [-0.2, 0) is 11.2 Å².